The van der Waals surface area contributed by atoms with Crippen molar-refractivity contribution in [3.05, 3.63) is 58.4 Å². The summed E-state index contributed by atoms with van der Waals surface area (Å²) >= 11 is 3.43. The molecule has 1 N–H and O–H groups in total. The maximum absolute atomic E-state index is 12.6. The first kappa shape index (κ1) is 24.2. The predicted molar refractivity (Wildman–Crippen MR) is 132 cm³/mol. The van der Waals surface area contributed by atoms with Gasteiger partial charge in [0.05, 0.1) is 20.8 Å². The number of hydrogen-bond acceptors (Lipinski definition) is 7. The normalized spacial score (nSPS) is 14.7. The molecule has 34 heavy (non-hydrogen) atoms. The summed E-state index contributed by atoms with van der Waals surface area (Å²) in [5.74, 6) is 2.73. The van der Waals surface area contributed by atoms with Crippen LogP contribution in [0.25, 0.3) is 11.4 Å². The lowest BCUT2D eigenvalue weighted by molar-refractivity contribution is -0.126. The molecular formula is C25H29BrN4O4. The Balaban J connectivity index is 1.20. The van der Waals surface area contributed by atoms with Gasteiger partial charge in [0.25, 0.3) is 0 Å². The Labute approximate surface area is 207 Å². The first-order valence-corrected chi connectivity index (χ1v) is 12.1. The van der Waals surface area contributed by atoms with E-state index in [-0.39, 0.29) is 11.8 Å². The third-order valence-corrected chi connectivity index (χ3v) is 6.58. The second kappa shape index (κ2) is 11.5. The first-order valence-electron chi connectivity index (χ1n) is 11.3. The van der Waals surface area contributed by atoms with Gasteiger partial charge in [0.15, 0.2) is 11.5 Å². The average Bonchev–Trinajstić information content (AvgIpc) is 3.33. The van der Waals surface area contributed by atoms with Gasteiger partial charge in [0.2, 0.25) is 17.6 Å². The van der Waals surface area contributed by atoms with Crippen LogP contribution in [0.15, 0.2) is 51.5 Å². The van der Waals surface area contributed by atoms with Crippen LogP contribution in [-0.4, -0.2) is 54.8 Å². The number of aromatic nitrogens is 2. The zero-order valence-electron chi connectivity index (χ0n) is 19.4. The highest BCUT2D eigenvalue weighted by molar-refractivity contribution is 9.10. The SMILES string of the molecule is COc1ccc(CCNC(=O)C2CCN(Cc3nc(-c4ccc(Br)cc4)no3)CC2)cc1OC. The highest BCUT2D eigenvalue weighted by Crippen LogP contribution is 2.27. The molecule has 0 atom stereocenters. The maximum Gasteiger partial charge on any atom is 0.241 e. The Kier molecular flexibility index (Phi) is 8.18. The van der Waals surface area contributed by atoms with E-state index in [1.54, 1.807) is 14.2 Å². The van der Waals surface area contributed by atoms with E-state index in [9.17, 15) is 4.79 Å². The van der Waals surface area contributed by atoms with Crippen molar-refractivity contribution in [2.75, 3.05) is 33.9 Å². The van der Waals surface area contributed by atoms with Gasteiger partial charge >= 0.3 is 0 Å². The summed E-state index contributed by atoms with van der Waals surface area (Å²) in [7, 11) is 3.24. The number of likely N-dealkylation sites (tertiary alicyclic amines) is 1. The fourth-order valence-electron chi connectivity index (χ4n) is 4.09. The molecule has 3 aromatic rings. The zero-order chi connectivity index (χ0) is 23.9. The van der Waals surface area contributed by atoms with Crippen LogP contribution in [-0.2, 0) is 17.8 Å². The largest absolute Gasteiger partial charge is 0.493 e. The Hall–Kier alpha value is -2.91. The van der Waals surface area contributed by atoms with Crippen molar-refractivity contribution < 1.29 is 18.8 Å². The lowest BCUT2D eigenvalue weighted by atomic mass is 9.96. The molecule has 1 fully saturated rings. The van der Waals surface area contributed by atoms with Crippen molar-refractivity contribution in [2.45, 2.75) is 25.8 Å². The number of methoxy groups -OCH3 is 2. The summed E-state index contributed by atoms with van der Waals surface area (Å²) in [5, 5.41) is 7.18. The molecule has 1 saturated heterocycles. The molecule has 8 nitrogen and oxygen atoms in total. The molecule has 2 heterocycles. The number of nitrogens with one attached hydrogen (secondary N) is 1. The number of amides is 1. The van der Waals surface area contributed by atoms with Crippen LogP contribution in [0.2, 0.25) is 0 Å². The molecule has 0 aliphatic carbocycles. The smallest absolute Gasteiger partial charge is 0.241 e. The van der Waals surface area contributed by atoms with Crippen molar-refractivity contribution in [3.8, 4) is 22.9 Å². The molecular weight excluding hydrogens is 500 g/mol. The zero-order valence-corrected chi connectivity index (χ0v) is 21.0. The molecule has 1 amide bonds. The Morgan fingerprint density at radius 1 is 1.12 bits per heavy atom. The summed E-state index contributed by atoms with van der Waals surface area (Å²) in [6.45, 7) is 2.83. The molecule has 9 heteroatoms. The summed E-state index contributed by atoms with van der Waals surface area (Å²) < 4.78 is 17.1. The summed E-state index contributed by atoms with van der Waals surface area (Å²) in [6, 6.07) is 13.6. The molecule has 2 aromatic carbocycles. The number of halogens is 1. The van der Waals surface area contributed by atoms with Crippen molar-refractivity contribution in [3.63, 3.8) is 0 Å². The number of hydrogen-bond donors (Lipinski definition) is 1. The predicted octanol–water partition coefficient (Wildman–Crippen LogP) is 4.09. The Morgan fingerprint density at radius 2 is 1.85 bits per heavy atom. The standard InChI is InChI=1S/C25H29BrN4O4/c1-32-21-8-3-17(15-22(21)33-2)9-12-27-25(31)19-10-13-30(14-11-19)16-23-28-24(29-34-23)18-4-6-20(26)7-5-18/h3-8,15,19H,9-14,16H2,1-2H3,(H,27,31). The van der Waals surface area contributed by atoms with Gasteiger partial charge in [-0.2, -0.15) is 4.98 Å². The van der Waals surface area contributed by atoms with Crippen LogP contribution in [0.5, 0.6) is 11.5 Å². The van der Waals surface area contributed by atoms with Crippen LogP contribution in [0.4, 0.5) is 0 Å². The fourth-order valence-corrected chi connectivity index (χ4v) is 4.35. The summed E-state index contributed by atoms with van der Waals surface area (Å²) in [5.41, 5.74) is 2.01. The van der Waals surface area contributed by atoms with E-state index < -0.39 is 0 Å². The number of piperidine rings is 1. The second-order valence-electron chi connectivity index (χ2n) is 8.30. The van der Waals surface area contributed by atoms with Gasteiger partial charge in [-0.15, -0.1) is 0 Å². The average molecular weight is 529 g/mol. The lowest BCUT2D eigenvalue weighted by Gasteiger charge is -2.30. The molecule has 1 aliphatic rings. The van der Waals surface area contributed by atoms with Gasteiger partial charge < -0.3 is 19.3 Å². The first-order chi connectivity index (χ1) is 16.6. The minimum atomic E-state index is 0.0302. The van der Waals surface area contributed by atoms with Gasteiger partial charge in [-0.05, 0) is 74.3 Å². The van der Waals surface area contributed by atoms with Crippen molar-refractivity contribution >= 4 is 21.8 Å². The van der Waals surface area contributed by atoms with E-state index in [2.05, 4.69) is 36.3 Å². The van der Waals surface area contributed by atoms with E-state index in [4.69, 9.17) is 14.0 Å². The monoisotopic (exact) mass is 528 g/mol. The molecule has 0 radical (unpaired) electrons. The number of benzene rings is 2. The number of ether oxygens (including phenoxy) is 2. The van der Waals surface area contributed by atoms with Crippen molar-refractivity contribution in [1.29, 1.82) is 0 Å². The van der Waals surface area contributed by atoms with Gasteiger partial charge in [-0.3, -0.25) is 9.69 Å². The summed E-state index contributed by atoms with van der Waals surface area (Å²) in [6.07, 6.45) is 2.37. The Bertz CT molecular complexity index is 1090. The minimum Gasteiger partial charge on any atom is -0.493 e. The summed E-state index contributed by atoms with van der Waals surface area (Å²) in [4.78, 5) is 19.4. The molecule has 0 bridgehead atoms. The maximum atomic E-state index is 12.6. The number of carbonyl (C=O) groups is 1. The van der Waals surface area contributed by atoms with E-state index in [0.717, 1.165) is 48.0 Å². The molecule has 1 aliphatic heterocycles. The van der Waals surface area contributed by atoms with Crippen LogP contribution < -0.4 is 14.8 Å². The number of carbonyl (C=O) groups excluding carboxylic acids is 1. The third kappa shape index (κ3) is 6.15. The van der Waals surface area contributed by atoms with Gasteiger partial charge in [-0.1, -0.05) is 27.2 Å². The molecule has 1 aromatic heterocycles. The number of rotatable bonds is 9. The van der Waals surface area contributed by atoms with Crippen LogP contribution in [0.1, 0.15) is 24.3 Å². The lowest BCUT2D eigenvalue weighted by Crippen LogP contribution is -2.40. The molecule has 0 saturated carbocycles. The second-order valence-corrected chi connectivity index (χ2v) is 9.22. The van der Waals surface area contributed by atoms with E-state index in [1.165, 1.54) is 0 Å². The van der Waals surface area contributed by atoms with Crippen LogP contribution in [0.3, 0.4) is 0 Å². The Morgan fingerprint density at radius 3 is 2.56 bits per heavy atom. The van der Waals surface area contributed by atoms with Gasteiger partial charge in [0.1, 0.15) is 0 Å². The van der Waals surface area contributed by atoms with Crippen molar-refractivity contribution in [1.82, 2.24) is 20.4 Å². The van der Waals surface area contributed by atoms with E-state index in [1.807, 2.05) is 42.5 Å². The van der Waals surface area contributed by atoms with E-state index >= 15 is 0 Å². The third-order valence-electron chi connectivity index (χ3n) is 6.05. The topological polar surface area (TPSA) is 89.7 Å². The number of nitrogens with zero attached hydrogens (tertiary/aromatic N) is 3. The van der Waals surface area contributed by atoms with Crippen molar-refractivity contribution in [2.24, 2.45) is 5.92 Å². The molecule has 0 unspecified atom stereocenters. The minimum absolute atomic E-state index is 0.0302. The van der Waals surface area contributed by atoms with Crippen LogP contribution >= 0.6 is 15.9 Å². The van der Waals surface area contributed by atoms with Gasteiger partial charge in [-0.25, -0.2) is 0 Å². The molecule has 4 rings (SSSR count). The highest BCUT2D eigenvalue weighted by atomic mass is 79.9. The molecule has 0 spiro atoms. The highest BCUT2D eigenvalue weighted by Gasteiger charge is 2.26. The van der Waals surface area contributed by atoms with E-state index in [0.29, 0.717) is 36.3 Å². The van der Waals surface area contributed by atoms with Crippen LogP contribution in [0, 0.1) is 5.92 Å². The fraction of sp³-hybridized carbons (Fsp3) is 0.400. The molecule has 180 valence electrons. The van der Waals surface area contributed by atoms with Gasteiger partial charge in [0, 0.05) is 22.5 Å². The quantitative estimate of drug-likeness (QED) is 0.447.